The van der Waals surface area contributed by atoms with Gasteiger partial charge in [-0.05, 0) is 25.9 Å². The fourth-order valence-electron chi connectivity index (χ4n) is 3.16. The number of nitrogens with one attached hydrogen (secondary N) is 1. The number of hydrogen-bond acceptors (Lipinski definition) is 7. The van der Waals surface area contributed by atoms with E-state index in [4.69, 9.17) is 14.0 Å². The van der Waals surface area contributed by atoms with Gasteiger partial charge in [-0.3, -0.25) is 9.69 Å². The summed E-state index contributed by atoms with van der Waals surface area (Å²) < 4.78 is 15.5. The smallest absolute Gasteiger partial charge is 0.241 e. The molecule has 8 nitrogen and oxygen atoms in total. The second-order valence-corrected chi connectivity index (χ2v) is 6.57. The molecule has 146 valence electrons. The summed E-state index contributed by atoms with van der Waals surface area (Å²) in [5, 5.41) is 6.94. The van der Waals surface area contributed by atoms with E-state index < -0.39 is 6.29 Å². The van der Waals surface area contributed by atoms with Gasteiger partial charge in [-0.2, -0.15) is 4.98 Å². The number of amides is 1. The summed E-state index contributed by atoms with van der Waals surface area (Å²) in [7, 11) is 3.11. The van der Waals surface area contributed by atoms with Crippen LogP contribution < -0.4 is 5.32 Å². The summed E-state index contributed by atoms with van der Waals surface area (Å²) in [6.07, 6.45) is 1.19. The third kappa shape index (κ3) is 5.35. The maximum absolute atomic E-state index is 12.3. The molecule has 2 aromatic rings. The first-order valence-electron chi connectivity index (χ1n) is 9.13. The summed E-state index contributed by atoms with van der Waals surface area (Å²) in [4.78, 5) is 19.0. The topological polar surface area (TPSA) is 89.7 Å². The zero-order valence-corrected chi connectivity index (χ0v) is 15.8. The lowest BCUT2D eigenvalue weighted by Gasteiger charge is -2.30. The van der Waals surface area contributed by atoms with E-state index in [1.807, 2.05) is 30.3 Å². The minimum absolute atomic E-state index is 0.0122. The van der Waals surface area contributed by atoms with Gasteiger partial charge < -0.3 is 19.3 Å². The first-order valence-corrected chi connectivity index (χ1v) is 9.13. The van der Waals surface area contributed by atoms with Crippen LogP contribution in [0, 0.1) is 5.92 Å². The zero-order valence-electron chi connectivity index (χ0n) is 15.8. The van der Waals surface area contributed by atoms with Crippen molar-refractivity contribution in [1.29, 1.82) is 0 Å². The van der Waals surface area contributed by atoms with Crippen molar-refractivity contribution < 1.29 is 18.8 Å². The Morgan fingerprint density at radius 2 is 1.96 bits per heavy atom. The van der Waals surface area contributed by atoms with Crippen molar-refractivity contribution in [3.8, 4) is 11.4 Å². The van der Waals surface area contributed by atoms with Gasteiger partial charge in [0.1, 0.15) is 0 Å². The molecule has 0 spiro atoms. The van der Waals surface area contributed by atoms with E-state index in [0.29, 0.717) is 24.8 Å². The highest BCUT2D eigenvalue weighted by Crippen LogP contribution is 2.20. The van der Waals surface area contributed by atoms with E-state index in [9.17, 15) is 4.79 Å². The molecule has 3 rings (SSSR count). The Bertz CT molecular complexity index is 710. The third-order valence-corrected chi connectivity index (χ3v) is 4.79. The molecule has 1 aliphatic rings. The van der Waals surface area contributed by atoms with Gasteiger partial charge in [-0.25, -0.2) is 0 Å². The SMILES string of the molecule is COC(CNC(=O)C1CCN(Cc2nc(-c3ccccc3)no2)CC1)OC. The van der Waals surface area contributed by atoms with Crippen LogP contribution in [0.25, 0.3) is 11.4 Å². The summed E-state index contributed by atoms with van der Waals surface area (Å²) in [5.74, 6) is 1.27. The van der Waals surface area contributed by atoms with E-state index in [-0.39, 0.29) is 11.8 Å². The third-order valence-electron chi connectivity index (χ3n) is 4.79. The van der Waals surface area contributed by atoms with Crippen LogP contribution in [-0.4, -0.2) is 61.1 Å². The maximum atomic E-state index is 12.3. The molecule has 0 unspecified atom stereocenters. The Kier molecular flexibility index (Phi) is 6.92. The number of aromatic nitrogens is 2. The summed E-state index contributed by atoms with van der Waals surface area (Å²) in [5.41, 5.74) is 0.938. The molecular formula is C19H26N4O4. The molecule has 0 radical (unpaired) electrons. The van der Waals surface area contributed by atoms with Crippen LogP contribution in [0.5, 0.6) is 0 Å². The lowest BCUT2D eigenvalue weighted by molar-refractivity contribution is -0.132. The number of likely N-dealkylation sites (tertiary alicyclic amines) is 1. The molecule has 0 aliphatic carbocycles. The highest BCUT2D eigenvalue weighted by Gasteiger charge is 2.26. The highest BCUT2D eigenvalue weighted by molar-refractivity contribution is 5.78. The molecule has 1 aromatic heterocycles. The van der Waals surface area contributed by atoms with Gasteiger partial charge in [0, 0.05) is 25.7 Å². The van der Waals surface area contributed by atoms with Crippen LogP contribution >= 0.6 is 0 Å². The Labute approximate surface area is 158 Å². The number of benzene rings is 1. The number of methoxy groups -OCH3 is 2. The summed E-state index contributed by atoms with van der Waals surface area (Å²) in [6, 6.07) is 9.76. The zero-order chi connectivity index (χ0) is 19.1. The first-order chi connectivity index (χ1) is 13.2. The molecule has 0 atom stereocenters. The van der Waals surface area contributed by atoms with Crippen molar-refractivity contribution in [1.82, 2.24) is 20.4 Å². The van der Waals surface area contributed by atoms with Crippen LogP contribution in [0.15, 0.2) is 34.9 Å². The molecule has 1 aliphatic heterocycles. The molecule has 1 amide bonds. The number of ether oxygens (including phenoxy) is 2. The predicted octanol–water partition coefficient (Wildman–Crippen LogP) is 1.68. The van der Waals surface area contributed by atoms with Crippen molar-refractivity contribution in [3.05, 3.63) is 36.2 Å². The number of hydrogen-bond donors (Lipinski definition) is 1. The Hall–Kier alpha value is -2.29. The lowest BCUT2D eigenvalue weighted by atomic mass is 9.96. The highest BCUT2D eigenvalue weighted by atomic mass is 16.7. The largest absolute Gasteiger partial charge is 0.354 e. The summed E-state index contributed by atoms with van der Waals surface area (Å²) >= 11 is 0. The molecule has 1 N–H and O–H groups in total. The van der Waals surface area contributed by atoms with Crippen molar-refractivity contribution in [2.24, 2.45) is 5.92 Å². The standard InChI is InChI=1S/C19H26N4O4/c1-25-17(26-2)12-20-19(24)15-8-10-23(11-9-15)13-16-21-18(22-27-16)14-6-4-3-5-7-14/h3-7,15,17H,8-13H2,1-2H3,(H,20,24). The van der Waals surface area contributed by atoms with E-state index in [1.54, 1.807) is 14.2 Å². The lowest BCUT2D eigenvalue weighted by Crippen LogP contribution is -2.42. The van der Waals surface area contributed by atoms with Gasteiger partial charge in [-0.1, -0.05) is 35.5 Å². The Balaban J connectivity index is 1.44. The second kappa shape index (κ2) is 9.59. The van der Waals surface area contributed by atoms with Crippen molar-refractivity contribution in [2.45, 2.75) is 25.7 Å². The molecule has 1 saturated heterocycles. The summed E-state index contributed by atoms with van der Waals surface area (Å²) in [6.45, 7) is 2.60. The normalized spacial score (nSPS) is 16.0. The number of rotatable bonds is 8. The van der Waals surface area contributed by atoms with Crippen LogP contribution in [0.4, 0.5) is 0 Å². The van der Waals surface area contributed by atoms with Gasteiger partial charge in [0.2, 0.25) is 17.6 Å². The molecule has 1 fully saturated rings. The van der Waals surface area contributed by atoms with Crippen LogP contribution in [-0.2, 0) is 20.8 Å². The second-order valence-electron chi connectivity index (χ2n) is 6.57. The average molecular weight is 374 g/mol. The number of carbonyl (C=O) groups excluding carboxylic acids is 1. The van der Waals surface area contributed by atoms with E-state index in [1.165, 1.54) is 0 Å². The average Bonchev–Trinajstić information content (AvgIpc) is 3.18. The van der Waals surface area contributed by atoms with E-state index in [2.05, 4.69) is 20.4 Å². The fraction of sp³-hybridized carbons (Fsp3) is 0.526. The van der Waals surface area contributed by atoms with Crippen molar-refractivity contribution >= 4 is 5.91 Å². The number of nitrogens with zero attached hydrogens (tertiary/aromatic N) is 3. The monoisotopic (exact) mass is 374 g/mol. The predicted molar refractivity (Wildman–Crippen MR) is 98.6 cm³/mol. The Morgan fingerprint density at radius 1 is 1.26 bits per heavy atom. The maximum Gasteiger partial charge on any atom is 0.241 e. The van der Waals surface area contributed by atoms with Crippen LogP contribution in [0.2, 0.25) is 0 Å². The first kappa shape index (κ1) is 19.5. The van der Waals surface area contributed by atoms with Gasteiger partial charge >= 0.3 is 0 Å². The van der Waals surface area contributed by atoms with Gasteiger partial charge in [0.25, 0.3) is 0 Å². The van der Waals surface area contributed by atoms with Crippen LogP contribution in [0.1, 0.15) is 18.7 Å². The van der Waals surface area contributed by atoms with E-state index >= 15 is 0 Å². The van der Waals surface area contributed by atoms with E-state index in [0.717, 1.165) is 31.5 Å². The molecule has 1 aromatic carbocycles. The van der Waals surface area contributed by atoms with Gasteiger partial charge in [0.05, 0.1) is 13.1 Å². The number of carbonyl (C=O) groups is 1. The van der Waals surface area contributed by atoms with Crippen LogP contribution in [0.3, 0.4) is 0 Å². The number of piperidine rings is 1. The molecule has 27 heavy (non-hydrogen) atoms. The van der Waals surface area contributed by atoms with Gasteiger partial charge in [-0.15, -0.1) is 0 Å². The minimum Gasteiger partial charge on any atom is -0.354 e. The van der Waals surface area contributed by atoms with Crippen molar-refractivity contribution in [2.75, 3.05) is 33.9 Å². The molecule has 0 saturated carbocycles. The molecule has 2 heterocycles. The minimum atomic E-state index is -0.412. The van der Waals surface area contributed by atoms with Crippen molar-refractivity contribution in [3.63, 3.8) is 0 Å². The molecular weight excluding hydrogens is 348 g/mol. The Morgan fingerprint density at radius 3 is 2.63 bits per heavy atom. The molecule has 8 heteroatoms. The quantitative estimate of drug-likeness (QED) is 0.703. The fourth-order valence-corrected chi connectivity index (χ4v) is 3.16. The molecule has 0 bridgehead atoms. The van der Waals surface area contributed by atoms with Gasteiger partial charge in [0.15, 0.2) is 6.29 Å².